The molecule has 0 saturated carbocycles. The van der Waals surface area contributed by atoms with Crippen LogP contribution in [-0.4, -0.2) is 11.7 Å². The second kappa shape index (κ2) is 14.4. The molecule has 0 aromatic heterocycles. The predicted octanol–water partition coefficient (Wildman–Crippen LogP) is 5.31. The Morgan fingerprint density at radius 3 is 1.83 bits per heavy atom. The molecule has 0 spiro atoms. The summed E-state index contributed by atoms with van der Waals surface area (Å²) < 4.78 is 0. The maximum absolute atomic E-state index is 9.22. The Kier molecular flexibility index (Phi) is 13.9. The smallest absolute Gasteiger partial charge is 0.108 e. The number of rotatable bonds is 13. The first-order valence-electron chi connectivity index (χ1n) is 7.92. The summed E-state index contributed by atoms with van der Waals surface area (Å²) >= 11 is 0. The highest BCUT2D eigenvalue weighted by Crippen LogP contribution is 2.10. The van der Waals surface area contributed by atoms with E-state index in [2.05, 4.69) is 12.2 Å². The first-order chi connectivity index (χ1) is 8.81. The van der Waals surface area contributed by atoms with Crippen LogP contribution in [0, 0.1) is 0 Å². The molecule has 0 aliphatic carbocycles. The lowest BCUT2D eigenvalue weighted by molar-refractivity contribution is 0.389. The van der Waals surface area contributed by atoms with E-state index < -0.39 is 0 Å². The zero-order valence-corrected chi connectivity index (χ0v) is 12.5. The van der Waals surface area contributed by atoms with Crippen molar-refractivity contribution in [3.05, 3.63) is 12.0 Å². The van der Waals surface area contributed by atoms with E-state index in [0.717, 1.165) is 6.54 Å². The molecule has 0 saturated heterocycles. The summed E-state index contributed by atoms with van der Waals surface area (Å²) in [7, 11) is 0. The minimum Gasteiger partial charge on any atom is -0.511 e. The van der Waals surface area contributed by atoms with Crippen molar-refractivity contribution in [1.29, 1.82) is 0 Å². The summed E-state index contributed by atoms with van der Waals surface area (Å²) in [4.78, 5) is 0. The maximum Gasteiger partial charge on any atom is 0.108 e. The minimum absolute atomic E-state index is 0.446. The molecule has 2 nitrogen and oxygen atoms in total. The molecule has 0 atom stereocenters. The van der Waals surface area contributed by atoms with Gasteiger partial charge in [-0.1, -0.05) is 71.6 Å². The van der Waals surface area contributed by atoms with Gasteiger partial charge in [0.2, 0.25) is 0 Å². The van der Waals surface area contributed by atoms with Crippen LogP contribution in [0.5, 0.6) is 0 Å². The molecule has 0 aliphatic heterocycles. The number of hydrogen-bond acceptors (Lipinski definition) is 2. The van der Waals surface area contributed by atoms with Crippen LogP contribution >= 0.6 is 0 Å². The third-order valence-electron chi connectivity index (χ3n) is 3.31. The van der Waals surface area contributed by atoms with Crippen molar-refractivity contribution in [3.63, 3.8) is 0 Å². The van der Waals surface area contributed by atoms with E-state index in [4.69, 9.17) is 0 Å². The maximum atomic E-state index is 9.22. The van der Waals surface area contributed by atoms with Gasteiger partial charge in [0.05, 0.1) is 0 Å². The quantitative estimate of drug-likeness (QED) is 0.345. The summed E-state index contributed by atoms with van der Waals surface area (Å²) in [5.74, 6) is 0.446. The molecule has 18 heavy (non-hydrogen) atoms. The number of nitrogens with one attached hydrogen (secondary N) is 1. The van der Waals surface area contributed by atoms with Crippen molar-refractivity contribution in [2.75, 3.05) is 6.54 Å². The van der Waals surface area contributed by atoms with Gasteiger partial charge in [-0.3, -0.25) is 0 Å². The molecule has 0 aromatic rings. The third kappa shape index (κ3) is 13.4. The van der Waals surface area contributed by atoms with Gasteiger partial charge >= 0.3 is 0 Å². The molecule has 0 aliphatic rings. The van der Waals surface area contributed by atoms with Crippen molar-refractivity contribution >= 4 is 0 Å². The van der Waals surface area contributed by atoms with Crippen LogP contribution in [0.25, 0.3) is 0 Å². The van der Waals surface area contributed by atoms with Crippen LogP contribution in [0.1, 0.15) is 84.5 Å². The van der Waals surface area contributed by atoms with E-state index in [-0.39, 0.29) is 0 Å². The van der Waals surface area contributed by atoms with Crippen molar-refractivity contribution in [2.45, 2.75) is 84.5 Å². The molecule has 0 aromatic carbocycles. The lowest BCUT2D eigenvalue weighted by atomic mass is 10.1. The molecule has 0 heterocycles. The fraction of sp³-hybridized carbons (Fsp3) is 0.875. The second-order valence-corrected chi connectivity index (χ2v) is 5.13. The topological polar surface area (TPSA) is 32.3 Å². The van der Waals surface area contributed by atoms with Gasteiger partial charge < -0.3 is 10.4 Å². The Hall–Kier alpha value is -0.660. The van der Waals surface area contributed by atoms with Crippen LogP contribution in [0.4, 0.5) is 0 Å². The van der Waals surface area contributed by atoms with E-state index >= 15 is 0 Å². The molecule has 0 bridgehead atoms. The van der Waals surface area contributed by atoms with E-state index in [1.165, 1.54) is 64.2 Å². The second-order valence-electron chi connectivity index (χ2n) is 5.13. The summed E-state index contributed by atoms with van der Waals surface area (Å²) in [6, 6.07) is 0. The summed E-state index contributed by atoms with van der Waals surface area (Å²) in [5, 5.41) is 12.4. The summed E-state index contributed by atoms with van der Waals surface area (Å²) in [6.45, 7) is 5.21. The van der Waals surface area contributed by atoms with E-state index in [0.29, 0.717) is 12.2 Å². The lowest BCUT2D eigenvalue weighted by Gasteiger charge is -2.03. The zero-order valence-electron chi connectivity index (χ0n) is 12.5. The van der Waals surface area contributed by atoms with Gasteiger partial charge in [-0.25, -0.2) is 0 Å². The summed E-state index contributed by atoms with van der Waals surface area (Å²) in [5.41, 5.74) is 0. The van der Waals surface area contributed by atoms with Crippen LogP contribution in [-0.2, 0) is 0 Å². The number of allylic oxidation sites excluding steroid dienone is 1. The molecule has 0 radical (unpaired) electrons. The Balaban J connectivity index is 3.03. The monoisotopic (exact) mass is 255 g/mol. The molecule has 0 rings (SSSR count). The van der Waals surface area contributed by atoms with Gasteiger partial charge in [-0.15, -0.1) is 0 Å². The highest BCUT2D eigenvalue weighted by Gasteiger charge is 1.92. The van der Waals surface area contributed by atoms with E-state index in [1.54, 1.807) is 6.20 Å². The first kappa shape index (κ1) is 17.3. The highest BCUT2D eigenvalue weighted by atomic mass is 16.3. The van der Waals surface area contributed by atoms with Gasteiger partial charge in [0.15, 0.2) is 0 Å². The Labute approximate surface area is 114 Å². The third-order valence-corrected chi connectivity index (χ3v) is 3.31. The largest absolute Gasteiger partial charge is 0.511 e. The normalized spacial score (nSPS) is 11.8. The Morgan fingerprint density at radius 2 is 1.33 bits per heavy atom. The minimum atomic E-state index is 0.446. The molecule has 108 valence electrons. The van der Waals surface area contributed by atoms with Gasteiger partial charge in [-0.2, -0.15) is 0 Å². The first-order valence-corrected chi connectivity index (χ1v) is 7.92. The van der Waals surface area contributed by atoms with Gasteiger partial charge in [0.1, 0.15) is 5.76 Å². The number of aliphatic hydroxyl groups excluding tert-OH is 1. The Morgan fingerprint density at radius 1 is 0.833 bits per heavy atom. The predicted molar refractivity (Wildman–Crippen MR) is 80.8 cm³/mol. The van der Waals surface area contributed by atoms with Crippen molar-refractivity contribution in [2.24, 2.45) is 0 Å². The average Bonchev–Trinajstić information content (AvgIpc) is 2.39. The number of aliphatic hydroxyl groups is 1. The number of unbranched alkanes of at least 4 members (excludes halogenated alkanes) is 9. The zero-order chi connectivity index (χ0) is 13.5. The molecule has 0 fully saturated rings. The van der Waals surface area contributed by atoms with Crippen molar-refractivity contribution in [3.8, 4) is 0 Å². The Bertz CT molecular complexity index is 190. The fourth-order valence-electron chi connectivity index (χ4n) is 2.01. The molecule has 2 N–H and O–H groups in total. The van der Waals surface area contributed by atoms with E-state index in [9.17, 15) is 5.11 Å². The van der Waals surface area contributed by atoms with Crippen molar-refractivity contribution in [1.82, 2.24) is 5.32 Å². The highest BCUT2D eigenvalue weighted by molar-refractivity contribution is 4.86. The summed E-state index contributed by atoms with van der Waals surface area (Å²) in [6.07, 6.45) is 16.1. The fourth-order valence-corrected chi connectivity index (χ4v) is 2.01. The van der Waals surface area contributed by atoms with Crippen LogP contribution < -0.4 is 5.32 Å². The number of hydrogen-bond donors (Lipinski definition) is 2. The SMILES string of the molecule is CCCCCCCCCCCCNC=C(O)CC. The van der Waals surface area contributed by atoms with Crippen LogP contribution in [0.15, 0.2) is 12.0 Å². The molecule has 0 amide bonds. The molecule has 0 unspecified atom stereocenters. The average molecular weight is 255 g/mol. The standard InChI is InChI=1S/C16H33NO/c1-3-5-6-7-8-9-10-11-12-13-14-17-15-16(18)4-2/h15,17-18H,3-14H2,1-2H3. The van der Waals surface area contributed by atoms with Gasteiger partial charge in [0.25, 0.3) is 0 Å². The molecular weight excluding hydrogens is 222 g/mol. The van der Waals surface area contributed by atoms with Crippen LogP contribution in [0.2, 0.25) is 0 Å². The molecule has 2 heteroatoms. The lowest BCUT2D eigenvalue weighted by Crippen LogP contribution is -2.07. The van der Waals surface area contributed by atoms with Gasteiger partial charge in [-0.05, 0) is 6.42 Å². The molecular formula is C16H33NO. The van der Waals surface area contributed by atoms with Gasteiger partial charge in [0, 0.05) is 19.2 Å². The van der Waals surface area contributed by atoms with Crippen molar-refractivity contribution < 1.29 is 5.11 Å². The van der Waals surface area contributed by atoms with E-state index in [1.807, 2.05) is 6.92 Å². The van der Waals surface area contributed by atoms with Crippen LogP contribution in [0.3, 0.4) is 0 Å².